The maximum atomic E-state index is 11.5. The Morgan fingerprint density at radius 1 is 1.36 bits per heavy atom. The van der Waals surface area contributed by atoms with Crippen molar-refractivity contribution in [3.8, 4) is 12.8 Å². The van der Waals surface area contributed by atoms with Crippen molar-refractivity contribution in [1.29, 1.82) is 0 Å². The molecule has 9 heteroatoms. The molecule has 7 N–H and O–H groups in total. The second kappa shape index (κ2) is 15.9. The van der Waals surface area contributed by atoms with Gasteiger partial charge in [0.05, 0.1) is 6.04 Å². The van der Waals surface area contributed by atoms with E-state index in [2.05, 4.69) is 23.5 Å². The second-order valence-corrected chi connectivity index (χ2v) is 5.71. The van der Waals surface area contributed by atoms with Gasteiger partial charge in [0, 0.05) is 6.04 Å². The summed E-state index contributed by atoms with van der Waals surface area (Å²) in [7, 11) is -1.10. The van der Waals surface area contributed by atoms with Crippen molar-refractivity contribution >= 4 is 19.0 Å². The van der Waals surface area contributed by atoms with Crippen molar-refractivity contribution in [3.05, 3.63) is 0 Å². The first-order chi connectivity index (χ1) is 11.8. The minimum Gasteiger partial charge on any atom is -0.480 e. The lowest BCUT2D eigenvalue weighted by molar-refractivity contribution is -0.140. The fourth-order valence-electron chi connectivity index (χ4n) is 2.12. The van der Waals surface area contributed by atoms with Crippen molar-refractivity contribution in [1.82, 2.24) is 10.6 Å². The Bertz CT molecular complexity index is 393. The Morgan fingerprint density at radius 3 is 2.36 bits per heavy atom. The zero-order chi connectivity index (χ0) is 19.8. The average Bonchev–Trinajstić information content (AvgIpc) is 2.61. The number of aliphatic carboxylic acids is 1. The number of piperidine rings is 1. The summed E-state index contributed by atoms with van der Waals surface area (Å²) in [5.41, 5.74) is 5.58. The molecule has 0 spiro atoms. The summed E-state index contributed by atoms with van der Waals surface area (Å²) in [4.78, 5) is 22.3. The number of carbonyl (C=O) groups is 2. The molecular weight excluding hydrogens is 325 g/mol. The summed E-state index contributed by atoms with van der Waals surface area (Å²) >= 11 is 0. The summed E-state index contributed by atoms with van der Waals surface area (Å²) in [5.74, 6) is -1.07. The minimum atomic E-state index is -1.10. The first-order valence-electron chi connectivity index (χ1n) is 8.53. The highest BCUT2D eigenvalue weighted by atomic mass is 16.4. The van der Waals surface area contributed by atoms with Gasteiger partial charge in [-0.3, -0.25) is 9.59 Å². The molecule has 0 aromatic carbocycles. The number of hydrogen-bond acceptors (Lipinski definition) is 6. The number of nitrogens with one attached hydrogen (secondary N) is 2. The fraction of sp³-hybridized carbons (Fsp3) is 0.750. The van der Waals surface area contributed by atoms with E-state index in [0.29, 0.717) is 25.7 Å². The molecule has 25 heavy (non-hydrogen) atoms. The van der Waals surface area contributed by atoms with E-state index >= 15 is 0 Å². The number of amides is 1. The molecule has 1 rings (SSSR count). The van der Waals surface area contributed by atoms with E-state index in [4.69, 9.17) is 20.9 Å². The SMILES string of the molecule is C#C.CCCCB(O)O.CC[C@H](N)C(=O)N[C@H]1CCN[C@@H](C(=O)O)C1. The highest BCUT2D eigenvalue weighted by Crippen LogP contribution is 2.09. The predicted molar refractivity (Wildman–Crippen MR) is 98.7 cm³/mol. The summed E-state index contributed by atoms with van der Waals surface area (Å²) in [6.45, 7) is 4.46. The summed E-state index contributed by atoms with van der Waals surface area (Å²) < 4.78 is 0. The number of carboxylic acids is 1. The fourth-order valence-corrected chi connectivity index (χ4v) is 2.12. The highest BCUT2D eigenvalue weighted by Gasteiger charge is 2.28. The van der Waals surface area contributed by atoms with Gasteiger partial charge >= 0.3 is 13.1 Å². The molecule has 1 amide bonds. The lowest BCUT2D eigenvalue weighted by Gasteiger charge is -2.29. The number of carboxylic acid groups (broad SMARTS) is 1. The van der Waals surface area contributed by atoms with Crippen LogP contribution in [0.4, 0.5) is 0 Å². The first kappa shape index (κ1) is 25.6. The van der Waals surface area contributed by atoms with E-state index in [1.54, 1.807) is 0 Å². The van der Waals surface area contributed by atoms with Crippen LogP contribution in [-0.2, 0) is 9.59 Å². The number of nitrogens with two attached hydrogens (primary N) is 1. The van der Waals surface area contributed by atoms with E-state index in [-0.39, 0.29) is 11.9 Å². The maximum absolute atomic E-state index is 11.5. The van der Waals surface area contributed by atoms with Gasteiger partial charge in [0.15, 0.2) is 0 Å². The molecular formula is C16H32BN3O5. The number of rotatable bonds is 7. The van der Waals surface area contributed by atoms with Crippen LogP contribution in [0.1, 0.15) is 46.0 Å². The third-order valence-corrected chi connectivity index (χ3v) is 3.64. The van der Waals surface area contributed by atoms with E-state index < -0.39 is 25.2 Å². The van der Waals surface area contributed by atoms with Crippen molar-refractivity contribution in [2.24, 2.45) is 5.73 Å². The molecule has 1 saturated heterocycles. The van der Waals surface area contributed by atoms with Gasteiger partial charge in [-0.25, -0.2) is 0 Å². The van der Waals surface area contributed by atoms with E-state index in [0.717, 1.165) is 19.3 Å². The highest BCUT2D eigenvalue weighted by molar-refractivity contribution is 6.40. The molecule has 0 unspecified atom stereocenters. The zero-order valence-electron chi connectivity index (χ0n) is 15.1. The lowest BCUT2D eigenvalue weighted by atomic mass is 9.84. The molecule has 1 aliphatic rings. The van der Waals surface area contributed by atoms with E-state index in [1.165, 1.54) is 0 Å². The minimum absolute atomic E-state index is 0.0903. The molecule has 0 radical (unpaired) electrons. The largest absolute Gasteiger partial charge is 0.480 e. The molecule has 1 heterocycles. The van der Waals surface area contributed by atoms with Gasteiger partial charge in [0.2, 0.25) is 5.91 Å². The van der Waals surface area contributed by atoms with Gasteiger partial charge in [0.25, 0.3) is 0 Å². The van der Waals surface area contributed by atoms with Gasteiger partial charge in [-0.1, -0.05) is 26.7 Å². The van der Waals surface area contributed by atoms with Crippen LogP contribution in [0.2, 0.25) is 6.32 Å². The average molecular weight is 357 g/mol. The molecule has 144 valence electrons. The number of carbonyl (C=O) groups excluding carboxylic acids is 1. The van der Waals surface area contributed by atoms with Crippen LogP contribution in [0.15, 0.2) is 0 Å². The predicted octanol–water partition coefficient (Wildman–Crippen LogP) is -0.446. The third kappa shape index (κ3) is 13.4. The van der Waals surface area contributed by atoms with Crippen molar-refractivity contribution in [2.75, 3.05) is 6.54 Å². The third-order valence-electron chi connectivity index (χ3n) is 3.64. The molecule has 0 aliphatic carbocycles. The Kier molecular flexibility index (Phi) is 16.3. The Hall–Kier alpha value is -1.60. The maximum Gasteiger partial charge on any atom is 0.451 e. The van der Waals surface area contributed by atoms with Gasteiger partial charge in [0.1, 0.15) is 6.04 Å². The molecule has 1 aliphatic heterocycles. The van der Waals surface area contributed by atoms with Gasteiger partial charge in [-0.15, -0.1) is 12.8 Å². The summed E-state index contributed by atoms with van der Waals surface area (Å²) in [5, 5.41) is 31.0. The monoisotopic (exact) mass is 357 g/mol. The normalized spacial score (nSPS) is 20.0. The molecule has 1 fully saturated rings. The van der Waals surface area contributed by atoms with Crippen LogP contribution in [0.5, 0.6) is 0 Å². The number of hydrogen-bond donors (Lipinski definition) is 6. The number of unbranched alkanes of at least 4 members (excludes halogenated alkanes) is 1. The molecule has 0 aromatic rings. The number of terminal acetylenes is 1. The Morgan fingerprint density at radius 2 is 1.96 bits per heavy atom. The second-order valence-electron chi connectivity index (χ2n) is 5.71. The van der Waals surface area contributed by atoms with Crippen LogP contribution in [0.3, 0.4) is 0 Å². The molecule has 0 saturated carbocycles. The molecule has 0 bridgehead atoms. The van der Waals surface area contributed by atoms with Crippen molar-refractivity contribution < 1.29 is 24.7 Å². The topological polar surface area (TPSA) is 145 Å². The van der Waals surface area contributed by atoms with Crippen LogP contribution >= 0.6 is 0 Å². The zero-order valence-corrected chi connectivity index (χ0v) is 15.1. The summed E-state index contributed by atoms with van der Waals surface area (Å²) in [6, 6.07) is -1.16. The Labute approximate surface area is 150 Å². The van der Waals surface area contributed by atoms with Crippen LogP contribution in [-0.4, -0.2) is 58.8 Å². The van der Waals surface area contributed by atoms with Gasteiger partial charge < -0.3 is 31.5 Å². The quantitative estimate of drug-likeness (QED) is 0.267. The van der Waals surface area contributed by atoms with Crippen LogP contribution in [0.25, 0.3) is 0 Å². The standard InChI is InChI=1S/C10H19N3O3.C4H11BO2.C2H2/c1-2-7(11)9(14)13-6-3-4-12-8(5-6)10(15)16;1-2-3-4-5(6)7;1-2/h6-8,12H,2-5,11H2,1H3,(H,13,14)(H,15,16);6-7H,2-4H2,1H3;1-2H/t6-,7-,8+;;/m0../s1. The molecule has 3 atom stereocenters. The van der Waals surface area contributed by atoms with Gasteiger partial charge in [-0.2, -0.15) is 0 Å². The van der Waals surface area contributed by atoms with E-state index in [9.17, 15) is 9.59 Å². The van der Waals surface area contributed by atoms with Crippen LogP contribution in [0, 0.1) is 12.8 Å². The first-order valence-corrected chi connectivity index (χ1v) is 8.53. The van der Waals surface area contributed by atoms with Crippen molar-refractivity contribution in [2.45, 2.75) is 70.4 Å². The van der Waals surface area contributed by atoms with Gasteiger partial charge in [-0.05, 0) is 32.1 Å². The molecule has 0 aromatic heterocycles. The van der Waals surface area contributed by atoms with E-state index in [1.807, 2.05) is 13.8 Å². The van der Waals surface area contributed by atoms with Crippen LogP contribution < -0.4 is 16.4 Å². The van der Waals surface area contributed by atoms with Crippen molar-refractivity contribution in [3.63, 3.8) is 0 Å². The molecule has 8 nitrogen and oxygen atoms in total. The smallest absolute Gasteiger partial charge is 0.451 e. The summed E-state index contributed by atoms with van der Waals surface area (Å²) in [6.07, 6.45) is 12.2. The lowest BCUT2D eigenvalue weighted by Crippen LogP contribution is -2.53. The Balaban J connectivity index is 0.